The fourth-order valence-corrected chi connectivity index (χ4v) is 4.91. The summed E-state index contributed by atoms with van der Waals surface area (Å²) in [6, 6.07) is 4.90. The average Bonchev–Trinajstić information content (AvgIpc) is 2.64. The van der Waals surface area contributed by atoms with Crippen molar-refractivity contribution in [1.82, 2.24) is 14.3 Å². The first-order chi connectivity index (χ1) is 12.4. The van der Waals surface area contributed by atoms with Gasteiger partial charge in [0.15, 0.2) is 0 Å². The summed E-state index contributed by atoms with van der Waals surface area (Å²) in [7, 11) is -2.17. The van der Waals surface area contributed by atoms with Crippen LogP contribution in [0.3, 0.4) is 0 Å². The maximum absolute atomic E-state index is 13.0. The lowest BCUT2D eigenvalue weighted by atomic mass is 10.1. The molecule has 0 amide bonds. The van der Waals surface area contributed by atoms with Crippen molar-refractivity contribution >= 4 is 21.6 Å². The summed E-state index contributed by atoms with van der Waals surface area (Å²) >= 11 is 6.09. The molecule has 1 unspecified atom stereocenters. The molecule has 1 atom stereocenters. The molecule has 1 aromatic heterocycles. The van der Waals surface area contributed by atoms with E-state index in [9.17, 15) is 8.42 Å². The third kappa shape index (κ3) is 3.77. The van der Waals surface area contributed by atoms with Crippen molar-refractivity contribution in [2.75, 3.05) is 20.2 Å². The number of rotatable bonds is 5. The molecule has 26 heavy (non-hydrogen) atoms. The Morgan fingerprint density at radius 1 is 1.23 bits per heavy atom. The highest BCUT2D eigenvalue weighted by Crippen LogP contribution is 2.29. The minimum atomic E-state index is -3.65. The molecule has 2 heterocycles. The van der Waals surface area contributed by atoms with Crippen molar-refractivity contribution in [2.45, 2.75) is 30.8 Å². The Balaban J connectivity index is 1.81. The van der Waals surface area contributed by atoms with Crippen molar-refractivity contribution in [3.05, 3.63) is 41.2 Å². The van der Waals surface area contributed by atoms with Gasteiger partial charge in [0.2, 0.25) is 10.0 Å². The zero-order valence-corrected chi connectivity index (χ0v) is 16.1. The second-order valence-corrected chi connectivity index (χ2v) is 8.29. The molecule has 0 bridgehead atoms. The van der Waals surface area contributed by atoms with E-state index in [1.807, 2.05) is 0 Å². The molecule has 1 aromatic carbocycles. The van der Waals surface area contributed by atoms with Gasteiger partial charge in [-0.2, -0.15) is 4.31 Å². The zero-order chi connectivity index (χ0) is 18.7. The molecular weight excluding hydrogens is 378 g/mol. The lowest BCUT2D eigenvalue weighted by molar-refractivity contribution is 0.119. The fraction of sp³-hybridized carbons (Fsp3) is 0.412. The molecule has 0 spiro atoms. The number of benzene rings is 1. The van der Waals surface area contributed by atoms with Crippen LogP contribution in [0.2, 0.25) is 5.02 Å². The van der Waals surface area contributed by atoms with E-state index < -0.39 is 10.0 Å². The molecule has 140 valence electrons. The third-order valence-corrected chi connectivity index (χ3v) is 6.70. The number of hydrogen-bond donors (Lipinski definition) is 0. The largest absolute Gasteiger partial charge is 0.477 e. The van der Waals surface area contributed by atoms with Crippen LogP contribution in [0.1, 0.15) is 18.4 Å². The molecular formula is C17H20ClN3O4S. The number of hydrogen-bond acceptors (Lipinski definition) is 6. The Kier molecular flexibility index (Phi) is 5.64. The molecule has 1 aliphatic heterocycles. The van der Waals surface area contributed by atoms with E-state index in [1.165, 1.54) is 23.8 Å². The first kappa shape index (κ1) is 18.9. The van der Waals surface area contributed by atoms with Crippen LogP contribution in [-0.4, -0.2) is 49.0 Å². The molecule has 0 radical (unpaired) electrons. The lowest BCUT2D eigenvalue weighted by Gasteiger charge is -2.32. The van der Waals surface area contributed by atoms with Crippen molar-refractivity contribution < 1.29 is 17.9 Å². The van der Waals surface area contributed by atoms with E-state index in [-0.39, 0.29) is 29.3 Å². The molecule has 0 N–H and O–H groups in total. The lowest BCUT2D eigenvalue weighted by Crippen LogP contribution is -2.44. The fourth-order valence-electron chi connectivity index (χ4n) is 2.92. The number of aromatic nitrogens is 2. The minimum Gasteiger partial charge on any atom is -0.477 e. The molecule has 0 aliphatic carbocycles. The monoisotopic (exact) mass is 397 g/mol. The molecule has 1 fully saturated rings. The van der Waals surface area contributed by atoms with Crippen molar-refractivity contribution in [2.24, 2.45) is 0 Å². The number of piperidine rings is 1. The van der Waals surface area contributed by atoms with Crippen LogP contribution < -0.4 is 9.47 Å². The standard InChI is InChI=1S/C17H20ClN3O4S/c1-12-14(18)6-3-7-15(12)26(22,23)21-10-4-5-13(11-21)25-17-16(24-2)19-8-9-20-17/h3,6-9,13H,4-5,10-11H2,1-2H3. The molecule has 2 aromatic rings. The second-order valence-electron chi connectivity index (χ2n) is 5.98. The predicted molar refractivity (Wildman–Crippen MR) is 97.2 cm³/mol. The maximum atomic E-state index is 13.0. The Morgan fingerprint density at radius 2 is 1.96 bits per heavy atom. The Morgan fingerprint density at radius 3 is 2.69 bits per heavy atom. The molecule has 1 saturated heterocycles. The number of sulfonamides is 1. The van der Waals surface area contributed by atoms with E-state index in [0.717, 1.165) is 6.42 Å². The van der Waals surface area contributed by atoms with E-state index in [1.54, 1.807) is 25.1 Å². The molecule has 0 saturated carbocycles. The Hall–Kier alpha value is -1.90. The first-order valence-corrected chi connectivity index (χ1v) is 10.0. The molecule has 7 nitrogen and oxygen atoms in total. The van der Waals surface area contributed by atoms with Gasteiger partial charge in [-0.15, -0.1) is 0 Å². The van der Waals surface area contributed by atoms with Crippen LogP contribution in [0.25, 0.3) is 0 Å². The summed E-state index contributed by atoms with van der Waals surface area (Å²) < 4.78 is 38.5. The zero-order valence-electron chi connectivity index (χ0n) is 14.6. The van der Waals surface area contributed by atoms with Gasteiger partial charge in [-0.25, -0.2) is 18.4 Å². The molecule has 9 heteroatoms. The van der Waals surface area contributed by atoms with Gasteiger partial charge in [-0.3, -0.25) is 0 Å². The SMILES string of the molecule is COc1nccnc1OC1CCCN(S(=O)(=O)c2cccc(Cl)c2C)C1. The van der Waals surface area contributed by atoms with E-state index >= 15 is 0 Å². The smallest absolute Gasteiger partial charge is 0.278 e. The number of halogens is 1. The van der Waals surface area contributed by atoms with Gasteiger partial charge in [0.1, 0.15) is 6.10 Å². The average molecular weight is 398 g/mol. The number of nitrogens with zero attached hydrogens (tertiary/aromatic N) is 3. The highest BCUT2D eigenvalue weighted by Gasteiger charge is 2.33. The maximum Gasteiger partial charge on any atom is 0.278 e. The summed E-state index contributed by atoms with van der Waals surface area (Å²) in [5, 5.41) is 0.431. The number of methoxy groups -OCH3 is 1. The second kappa shape index (κ2) is 7.77. The van der Waals surface area contributed by atoms with Crippen LogP contribution >= 0.6 is 11.6 Å². The van der Waals surface area contributed by atoms with Crippen molar-refractivity contribution in [3.8, 4) is 11.8 Å². The van der Waals surface area contributed by atoms with Crippen LogP contribution in [0, 0.1) is 6.92 Å². The van der Waals surface area contributed by atoms with Crippen LogP contribution in [0.15, 0.2) is 35.5 Å². The van der Waals surface area contributed by atoms with Crippen molar-refractivity contribution in [1.29, 1.82) is 0 Å². The highest BCUT2D eigenvalue weighted by molar-refractivity contribution is 7.89. The van der Waals surface area contributed by atoms with Gasteiger partial charge < -0.3 is 9.47 Å². The highest BCUT2D eigenvalue weighted by atomic mass is 35.5. The van der Waals surface area contributed by atoms with Crippen molar-refractivity contribution in [3.63, 3.8) is 0 Å². The van der Waals surface area contributed by atoms with Crippen LogP contribution in [-0.2, 0) is 10.0 Å². The molecule has 3 rings (SSSR count). The third-order valence-electron chi connectivity index (χ3n) is 4.28. The van der Waals surface area contributed by atoms with E-state index in [2.05, 4.69) is 9.97 Å². The Labute approximate surface area is 158 Å². The summed E-state index contributed by atoms with van der Waals surface area (Å²) in [6.45, 7) is 2.37. The summed E-state index contributed by atoms with van der Waals surface area (Å²) in [5.41, 5.74) is 0.549. The van der Waals surface area contributed by atoms with Gasteiger partial charge in [-0.05, 0) is 37.5 Å². The van der Waals surface area contributed by atoms with Gasteiger partial charge >= 0.3 is 0 Å². The normalized spacial score (nSPS) is 18.5. The first-order valence-electron chi connectivity index (χ1n) is 8.20. The summed E-state index contributed by atoms with van der Waals surface area (Å²) in [4.78, 5) is 8.39. The predicted octanol–water partition coefficient (Wildman–Crippen LogP) is 2.68. The van der Waals surface area contributed by atoms with E-state index in [4.69, 9.17) is 21.1 Å². The van der Waals surface area contributed by atoms with Crippen LogP contribution in [0.4, 0.5) is 0 Å². The van der Waals surface area contributed by atoms with Gasteiger partial charge in [-0.1, -0.05) is 17.7 Å². The summed E-state index contributed by atoms with van der Waals surface area (Å²) in [5.74, 6) is 0.538. The van der Waals surface area contributed by atoms with E-state index in [0.29, 0.717) is 23.6 Å². The van der Waals surface area contributed by atoms with Gasteiger partial charge in [0, 0.05) is 24.0 Å². The number of ether oxygens (including phenoxy) is 2. The summed E-state index contributed by atoms with van der Waals surface area (Å²) in [6.07, 6.45) is 4.09. The van der Waals surface area contributed by atoms with Gasteiger partial charge in [0.05, 0.1) is 18.6 Å². The molecule has 1 aliphatic rings. The van der Waals surface area contributed by atoms with Gasteiger partial charge in [0.25, 0.3) is 11.8 Å². The van der Waals surface area contributed by atoms with Crippen LogP contribution in [0.5, 0.6) is 11.8 Å². The Bertz CT molecular complexity index is 891. The topological polar surface area (TPSA) is 81.6 Å². The minimum absolute atomic E-state index is 0.225. The quantitative estimate of drug-likeness (QED) is 0.771.